The molecule has 0 unspecified atom stereocenters. The number of ether oxygens (including phenoxy) is 1. The van der Waals surface area contributed by atoms with Crippen LogP contribution in [0.15, 0.2) is 171 Å². The minimum absolute atomic E-state index is 0.00318. The van der Waals surface area contributed by atoms with E-state index in [-0.39, 0.29) is 70.2 Å². The summed E-state index contributed by atoms with van der Waals surface area (Å²) >= 11 is 12.5. The quantitative estimate of drug-likeness (QED) is 0.0222. The number of nitrogens with one attached hydrogen (secondary N) is 10. The molecular formula is C86H77Cl2F9N30O6. The van der Waals surface area contributed by atoms with Crippen molar-refractivity contribution in [2.75, 3.05) is 44.6 Å². The van der Waals surface area contributed by atoms with Gasteiger partial charge in [0.2, 0.25) is 5.95 Å². The number of aromatic amines is 6. The molecule has 0 radical (unpaired) electrons. The number of tetrazole rings is 3. The van der Waals surface area contributed by atoms with Crippen LogP contribution in [0.3, 0.4) is 0 Å². The molecule has 36 nitrogen and oxygen atoms in total. The van der Waals surface area contributed by atoms with Crippen LogP contribution in [0.4, 0.5) is 45.5 Å². The fourth-order valence-electron chi connectivity index (χ4n) is 15.3. The highest BCUT2D eigenvalue weighted by Crippen LogP contribution is 2.35. The molecule has 2 aliphatic heterocycles. The number of anilines is 1. The van der Waals surface area contributed by atoms with Gasteiger partial charge in [0.05, 0.1) is 27.5 Å². The molecule has 10 N–H and O–H groups in total. The van der Waals surface area contributed by atoms with Crippen LogP contribution in [0.2, 0.25) is 10.0 Å². The zero-order valence-electron chi connectivity index (χ0n) is 69.7. The van der Waals surface area contributed by atoms with E-state index >= 15 is 0 Å². The second-order valence-electron chi connectivity index (χ2n) is 30.7. The number of nitrogens with zero attached hydrogens (tertiary/aromatic N) is 20. The van der Waals surface area contributed by atoms with E-state index in [0.29, 0.717) is 140 Å². The Kier molecular flexibility index (Phi) is 28.3. The minimum atomic E-state index is -1.40. The normalized spacial score (nSPS) is 14.2. The molecule has 0 spiro atoms. The Labute approximate surface area is 756 Å². The molecule has 2 saturated carbocycles. The van der Waals surface area contributed by atoms with Gasteiger partial charge < -0.3 is 55.5 Å². The molecule has 4 fully saturated rings. The van der Waals surface area contributed by atoms with Gasteiger partial charge in [0, 0.05) is 111 Å². The lowest BCUT2D eigenvalue weighted by atomic mass is 10.1. The first kappa shape index (κ1) is 90.8. The highest BCUT2D eigenvalue weighted by Gasteiger charge is 2.30. The summed E-state index contributed by atoms with van der Waals surface area (Å²) < 4.78 is 136. The number of H-pyrrole nitrogens is 6. The third-order valence-corrected chi connectivity index (χ3v) is 22.6. The Morgan fingerprint density at radius 3 is 1.27 bits per heavy atom. The first-order chi connectivity index (χ1) is 64.6. The molecule has 5 amide bonds. The van der Waals surface area contributed by atoms with Crippen LogP contribution in [0.5, 0.6) is 0 Å². The van der Waals surface area contributed by atoms with Gasteiger partial charge in [0.15, 0.2) is 81.5 Å². The number of likely N-dealkylation sites (tertiary alicyclic amines) is 1. The number of carbonyl (C=O) groups excluding carboxylic acids is 5. The number of halogens is 11. The number of benzene rings is 5. The van der Waals surface area contributed by atoms with Gasteiger partial charge in [0.1, 0.15) is 58.2 Å². The van der Waals surface area contributed by atoms with E-state index in [9.17, 15) is 63.5 Å². The van der Waals surface area contributed by atoms with Crippen LogP contribution < -0.4 is 21.3 Å². The maximum atomic E-state index is 14.1. The topological polar surface area (TPSA) is 446 Å². The second kappa shape index (κ2) is 41.5. The van der Waals surface area contributed by atoms with Gasteiger partial charge in [-0.15, -0.1) is 35.7 Å². The smallest absolute Gasteiger partial charge is 0.274 e. The van der Waals surface area contributed by atoms with Crippen molar-refractivity contribution in [3.8, 4) is 85.4 Å². The van der Waals surface area contributed by atoms with Crippen molar-refractivity contribution < 1.29 is 68.2 Å². The molecule has 11 aromatic heterocycles. The van der Waals surface area contributed by atoms with Crippen LogP contribution in [0, 0.1) is 64.2 Å². The number of hydrogen-bond acceptors (Lipinski definition) is 20. The molecular weight excluding hydrogens is 1790 g/mol. The average Bonchev–Trinajstić information content (AvgIpc) is 1.60. The number of imidazole rings is 1. The lowest BCUT2D eigenvalue weighted by molar-refractivity contribution is 0.0786. The molecule has 2 saturated heterocycles. The summed E-state index contributed by atoms with van der Waals surface area (Å²) in [4.78, 5) is 84.4. The van der Waals surface area contributed by atoms with Crippen LogP contribution >= 0.6 is 23.2 Å². The summed E-state index contributed by atoms with van der Waals surface area (Å²) in [6.07, 6.45) is 26.8. The number of para-hydroxylation sites is 2. The van der Waals surface area contributed by atoms with E-state index in [1.54, 1.807) is 72.2 Å². The summed E-state index contributed by atoms with van der Waals surface area (Å²) in [5.74, 6) is -7.83. The van der Waals surface area contributed by atoms with Crippen LogP contribution in [0.1, 0.15) is 129 Å². The van der Waals surface area contributed by atoms with Crippen molar-refractivity contribution in [1.29, 1.82) is 0 Å². The van der Waals surface area contributed by atoms with E-state index in [1.807, 2.05) is 0 Å². The highest BCUT2D eigenvalue weighted by molar-refractivity contribution is 6.37. The summed E-state index contributed by atoms with van der Waals surface area (Å²) in [5, 5.41) is 61.0. The zero-order chi connectivity index (χ0) is 92.8. The van der Waals surface area contributed by atoms with Crippen molar-refractivity contribution in [3.05, 3.63) is 262 Å². The molecule has 684 valence electrons. The van der Waals surface area contributed by atoms with Crippen LogP contribution in [-0.4, -0.2) is 205 Å². The molecule has 133 heavy (non-hydrogen) atoms. The van der Waals surface area contributed by atoms with Crippen molar-refractivity contribution in [2.24, 2.45) is 11.8 Å². The molecule has 47 heteroatoms. The maximum absolute atomic E-state index is 14.1. The largest absolute Gasteiger partial charge is 0.376 e. The monoisotopic (exact) mass is 1870 g/mol. The molecule has 16 aromatic rings. The second-order valence-corrected chi connectivity index (χ2v) is 31.6. The van der Waals surface area contributed by atoms with Crippen molar-refractivity contribution in [1.82, 2.24) is 146 Å². The fraction of sp³-hybridized carbons (Fsp3) is 0.244. The summed E-state index contributed by atoms with van der Waals surface area (Å²) in [6, 6.07) is 25.7. The number of carbonyl (C=O) groups is 5. The van der Waals surface area contributed by atoms with Gasteiger partial charge in [-0.1, -0.05) is 73.2 Å². The lowest BCUT2D eigenvalue weighted by Crippen LogP contribution is -2.31. The average molecular weight is 1870 g/mol. The minimum Gasteiger partial charge on any atom is -0.376 e. The standard InChI is InChI=1S/C19H19F2N5O.C18H18F2N6O.C18H17F2N5O2.C16H13F3N6O.C15H10Cl2N8O/c20-14-6-3-7-16(17(14)21)26-11-24-25-18(26)13-8-15(22-10-13)19(27)23-9-12-4-1-2-5-12;19-13-6-3-7-14(20)16(13)26-17(23-24-25-26)12-8-15(21-10-12)18(27)22-9-11-4-1-2-5-11;19-13-4-1-5-15(16(13)20)25-10-23-24-17(25)11-7-14(21-8-11)18(26)22-9-12-3-2-6-27-12;17-10-3-4-11(18)14(13(10)19)25-15(21-22-23-25)9-7-12(20-8-9)16(26)24-5-1-2-6-24;16-9-2-1-3-10(17)12(9)25-13(22-23-24-25)8-6-11(20-7-8)14(26)21-15-18-4-5-19-15/h3,6-8,10-12,22H,1-2,4-5,9H2,(H,23,27);3,6-8,10-11,21H,1-2,4-5,9H2,(H,22,27);1,4-5,7-8,10,12,21H,2-3,6,9H2,(H,22,26);3-4,7-8,20H,1-2,5-6H2;1-7,20H,(H2,18,19,21,26)/t;;12-;;/m..0../s1. The van der Waals surface area contributed by atoms with Gasteiger partial charge in [-0.3, -0.25) is 38.4 Å². The van der Waals surface area contributed by atoms with Gasteiger partial charge in [-0.05, 0) is 185 Å². The molecule has 1 atom stereocenters. The number of hydrogen-bond donors (Lipinski definition) is 10. The summed E-state index contributed by atoms with van der Waals surface area (Å²) in [5.41, 5.74) is 3.52. The third-order valence-electron chi connectivity index (χ3n) is 22.0. The Morgan fingerprint density at radius 2 is 0.805 bits per heavy atom. The predicted octanol–water partition coefficient (Wildman–Crippen LogP) is 14.0. The maximum Gasteiger partial charge on any atom is 0.274 e. The van der Waals surface area contributed by atoms with Crippen molar-refractivity contribution in [3.63, 3.8) is 0 Å². The molecule has 5 aromatic carbocycles. The molecule has 4 aliphatic rings. The van der Waals surface area contributed by atoms with Crippen LogP contribution in [-0.2, 0) is 4.74 Å². The van der Waals surface area contributed by atoms with Crippen molar-refractivity contribution >= 4 is 58.7 Å². The number of aromatic nitrogens is 25. The Hall–Kier alpha value is -15.5. The van der Waals surface area contributed by atoms with Gasteiger partial charge >= 0.3 is 0 Å². The van der Waals surface area contributed by atoms with Crippen LogP contribution in [0.25, 0.3) is 85.4 Å². The molecule has 2 aliphatic carbocycles. The first-order valence-electron chi connectivity index (χ1n) is 41.7. The number of rotatable bonds is 22. The Morgan fingerprint density at radius 1 is 0.406 bits per heavy atom. The van der Waals surface area contributed by atoms with E-state index < -0.39 is 58.0 Å². The summed E-state index contributed by atoms with van der Waals surface area (Å²) in [7, 11) is 0. The van der Waals surface area contributed by atoms with E-state index in [0.717, 1.165) is 97.7 Å². The first-order valence-corrected chi connectivity index (χ1v) is 42.4. The lowest BCUT2D eigenvalue weighted by Gasteiger charge is -2.13. The molecule has 0 bridgehead atoms. The molecule has 20 rings (SSSR count). The predicted molar refractivity (Wildman–Crippen MR) is 460 cm³/mol. The fourth-order valence-corrected chi connectivity index (χ4v) is 15.8. The Bertz CT molecular complexity index is 6590. The van der Waals surface area contributed by atoms with Gasteiger partial charge in [-0.25, -0.2) is 44.5 Å². The third kappa shape index (κ3) is 20.9. The highest BCUT2D eigenvalue weighted by atomic mass is 35.5. The zero-order valence-corrected chi connectivity index (χ0v) is 71.2. The summed E-state index contributed by atoms with van der Waals surface area (Å²) in [6.45, 7) is 3.84. The number of amides is 5. The Balaban J connectivity index is 0.000000121. The SMILES string of the molecule is O=C(NCC1CCCC1)c1cc(-c2nncn2-c2cccc(F)c2F)c[nH]1.O=C(NCC1CCCC1)c1cc(-c2nnnn2-c2c(F)cccc2F)c[nH]1.O=C(NC[C@@H]1CCCO1)c1cc(-c2nncn2-c2cccc(F)c2F)c[nH]1.O=C(Nc1ncc[nH]1)c1cc(-c2nnnn2-c2c(Cl)cccc2Cl)c[nH]1.O=C(c1cc(-c2nnnn2-c2c(F)ccc(F)c2F)c[nH]1)N1CCCC1. The van der Waals surface area contributed by atoms with E-state index in [1.165, 1.54) is 107 Å². The molecule has 13 heterocycles. The van der Waals surface area contributed by atoms with Crippen molar-refractivity contribution in [2.45, 2.75) is 83.2 Å². The van der Waals surface area contributed by atoms with E-state index in [2.05, 4.69) is 123 Å². The van der Waals surface area contributed by atoms with Gasteiger partial charge in [0.25, 0.3) is 29.5 Å². The van der Waals surface area contributed by atoms with Gasteiger partial charge in [-0.2, -0.15) is 14.0 Å². The van der Waals surface area contributed by atoms with E-state index in [4.69, 9.17) is 27.9 Å².